The van der Waals surface area contributed by atoms with E-state index in [1.54, 1.807) is 4.90 Å². The molecule has 1 aromatic rings. The lowest BCUT2D eigenvalue weighted by molar-refractivity contribution is -0.163. The van der Waals surface area contributed by atoms with E-state index in [1.807, 2.05) is 44.2 Å². The Bertz CT molecular complexity index is 596. The Hall–Kier alpha value is -1.92. The Labute approximate surface area is 174 Å². The minimum atomic E-state index is -0.505. The molecular formula is C23H36N2O4. The molecule has 1 aromatic carbocycles. The van der Waals surface area contributed by atoms with Crippen LogP contribution in [0.15, 0.2) is 30.3 Å². The van der Waals surface area contributed by atoms with Gasteiger partial charge >= 0.3 is 0 Å². The molecule has 0 saturated heterocycles. The zero-order chi connectivity index (χ0) is 20.9. The molecule has 1 aliphatic carbocycles. The summed E-state index contributed by atoms with van der Waals surface area (Å²) in [5.74, 6) is -0.0890. The van der Waals surface area contributed by atoms with Gasteiger partial charge in [0.15, 0.2) is 6.29 Å². The lowest BCUT2D eigenvalue weighted by Gasteiger charge is -2.31. The van der Waals surface area contributed by atoms with Gasteiger partial charge in [0, 0.05) is 25.7 Å². The van der Waals surface area contributed by atoms with E-state index in [1.165, 1.54) is 12.0 Å². The summed E-state index contributed by atoms with van der Waals surface area (Å²) in [7, 11) is 0. The molecular weight excluding hydrogens is 368 g/mol. The van der Waals surface area contributed by atoms with E-state index in [2.05, 4.69) is 5.32 Å². The van der Waals surface area contributed by atoms with Crippen LogP contribution in [0.2, 0.25) is 0 Å². The van der Waals surface area contributed by atoms with Gasteiger partial charge in [-0.3, -0.25) is 9.59 Å². The van der Waals surface area contributed by atoms with E-state index in [0.29, 0.717) is 19.8 Å². The van der Waals surface area contributed by atoms with Crippen molar-refractivity contribution in [2.24, 2.45) is 5.92 Å². The second kappa shape index (κ2) is 13.3. The number of hydrogen-bond donors (Lipinski definition) is 1. The SMILES string of the molecule is CCOC(CN(CC(=O)NCCc1ccccc1)C(=O)C1CCCCC1)OCC. The van der Waals surface area contributed by atoms with Crippen LogP contribution < -0.4 is 5.32 Å². The first-order chi connectivity index (χ1) is 14.1. The van der Waals surface area contributed by atoms with Gasteiger partial charge in [0.2, 0.25) is 11.8 Å². The van der Waals surface area contributed by atoms with E-state index >= 15 is 0 Å². The predicted octanol–water partition coefficient (Wildman–Crippen LogP) is 3.15. The zero-order valence-corrected chi connectivity index (χ0v) is 17.9. The molecule has 2 rings (SSSR count). The molecule has 6 heteroatoms. The first kappa shape index (κ1) is 23.4. The number of hydrogen-bond acceptors (Lipinski definition) is 4. The number of carbonyl (C=O) groups is 2. The van der Waals surface area contributed by atoms with Crippen molar-refractivity contribution in [3.05, 3.63) is 35.9 Å². The molecule has 0 heterocycles. The van der Waals surface area contributed by atoms with E-state index in [-0.39, 0.29) is 30.8 Å². The number of rotatable bonds is 12. The number of ether oxygens (including phenoxy) is 2. The first-order valence-electron chi connectivity index (χ1n) is 11.0. The first-order valence-corrected chi connectivity index (χ1v) is 11.0. The van der Waals surface area contributed by atoms with E-state index in [9.17, 15) is 9.59 Å². The largest absolute Gasteiger partial charge is 0.354 e. The highest BCUT2D eigenvalue weighted by Gasteiger charge is 2.29. The summed E-state index contributed by atoms with van der Waals surface area (Å²) in [4.78, 5) is 27.3. The summed E-state index contributed by atoms with van der Waals surface area (Å²) in [6.45, 7) is 5.67. The maximum Gasteiger partial charge on any atom is 0.239 e. The fraction of sp³-hybridized carbons (Fsp3) is 0.652. The molecule has 29 heavy (non-hydrogen) atoms. The van der Waals surface area contributed by atoms with Gasteiger partial charge in [0.25, 0.3) is 0 Å². The molecule has 0 spiro atoms. The van der Waals surface area contributed by atoms with Crippen LogP contribution in [0.1, 0.15) is 51.5 Å². The second-order valence-corrected chi connectivity index (χ2v) is 7.48. The smallest absolute Gasteiger partial charge is 0.239 e. The Morgan fingerprint density at radius 1 is 1.07 bits per heavy atom. The van der Waals surface area contributed by atoms with Gasteiger partial charge in [0.05, 0.1) is 13.1 Å². The van der Waals surface area contributed by atoms with Crippen molar-refractivity contribution in [3.63, 3.8) is 0 Å². The lowest BCUT2D eigenvalue weighted by atomic mass is 9.88. The predicted molar refractivity (Wildman–Crippen MR) is 113 cm³/mol. The van der Waals surface area contributed by atoms with E-state index in [4.69, 9.17) is 9.47 Å². The fourth-order valence-electron chi connectivity index (χ4n) is 3.77. The van der Waals surface area contributed by atoms with Gasteiger partial charge in [-0.1, -0.05) is 49.6 Å². The van der Waals surface area contributed by atoms with E-state index < -0.39 is 6.29 Å². The maximum absolute atomic E-state index is 13.1. The van der Waals surface area contributed by atoms with Crippen LogP contribution in [0.3, 0.4) is 0 Å². The number of nitrogens with zero attached hydrogens (tertiary/aromatic N) is 1. The molecule has 0 aliphatic heterocycles. The van der Waals surface area contributed by atoms with Crippen molar-refractivity contribution < 1.29 is 19.1 Å². The van der Waals surface area contributed by atoms with Gasteiger partial charge in [0.1, 0.15) is 0 Å². The third-order valence-electron chi connectivity index (χ3n) is 5.25. The molecule has 1 N–H and O–H groups in total. The fourth-order valence-corrected chi connectivity index (χ4v) is 3.77. The van der Waals surface area contributed by atoms with Gasteiger partial charge in [-0.2, -0.15) is 0 Å². The molecule has 1 saturated carbocycles. The summed E-state index contributed by atoms with van der Waals surface area (Å²) in [6.07, 6.45) is 5.41. The van der Waals surface area contributed by atoms with Gasteiger partial charge in [-0.25, -0.2) is 0 Å². The molecule has 0 atom stereocenters. The molecule has 2 amide bonds. The van der Waals surface area contributed by atoms with Crippen LogP contribution in [0.4, 0.5) is 0 Å². The topological polar surface area (TPSA) is 67.9 Å². The number of amides is 2. The molecule has 0 radical (unpaired) electrons. The molecule has 0 aromatic heterocycles. The van der Waals surface area contributed by atoms with Crippen molar-refractivity contribution in [2.45, 2.75) is 58.7 Å². The monoisotopic (exact) mass is 404 g/mol. The van der Waals surface area contributed by atoms with Crippen molar-refractivity contribution >= 4 is 11.8 Å². The minimum Gasteiger partial charge on any atom is -0.354 e. The number of nitrogens with one attached hydrogen (secondary N) is 1. The Balaban J connectivity index is 1.93. The average Bonchev–Trinajstić information content (AvgIpc) is 2.74. The highest BCUT2D eigenvalue weighted by atomic mass is 16.7. The second-order valence-electron chi connectivity index (χ2n) is 7.48. The van der Waals surface area contributed by atoms with Gasteiger partial charge in [-0.05, 0) is 38.7 Å². The van der Waals surface area contributed by atoms with E-state index in [0.717, 1.165) is 32.1 Å². The summed E-state index contributed by atoms with van der Waals surface area (Å²) < 4.78 is 11.2. The van der Waals surface area contributed by atoms with Crippen LogP contribution in [0, 0.1) is 5.92 Å². The third kappa shape index (κ3) is 8.54. The highest BCUT2D eigenvalue weighted by Crippen LogP contribution is 2.25. The van der Waals surface area contributed by atoms with Crippen molar-refractivity contribution in [1.82, 2.24) is 10.2 Å². The third-order valence-corrected chi connectivity index (χ3v) is 5.25. The van der Waals surface area contributed by atoms with Crippen LogP contribution in [-0.2, 0) is 25.5 Å². The van der Waals surface area contributed by atoms with Gasteiger partial charge in [-0.15, -0.1) is 0 Å². The van der Waals surface area contributed by atoms with Crippen molar-refractivity contribution in [2.75, 3.05) is 32.8 Å². The Morgan fingerprint density at radius 2 is 1.72 bits per heavy atom. The number of carbonyl (C=O) groups excluding carboxylic acids is 2. The van der Waals surface area contributed by atoms with Crippen molar-refractivity contribution in [1.29, 1.82) is 0 Å². The molecule has 0 unspecified atom stereocenters. The standard InChI is InChI=1S/C23H36N2O4/c1-3-28-22(29-4-2)18-25(23(27)20-13-9-6-10-14-20)17-21(26)24-16-15-19-11-7-5-8-12-19/h5,7-8,11-12,20,22H,3-4,6,9-10,13-18H2,1-2H3,(H,24,26). The molecule has 0 bridgehead atoms. The summed E-state index contributed by atoms with van der Waals surface area (Å²) in [6, 6.07) is 10.0. The maximum atomic E-state index is 13.1. The molecule has 1 fully saturated rings. The summed E-state index contributed by atoms with van der Waals surface area (Å²) >= 11 is 0. The normalized spacial score (nSPS) is 14.7. The van der Waals surface area contributed by atoms with Crippen LogP contribution in [-0.4, -0.2) is 55.9 Å². The zero-order valence-electron chi connectivity index (χ0n) is 17.9. The quantitative estimate of drug-likeness (QED) is 0.544. The van der Waals surface area contributed by atoms with Crippen molar-refractivity contribution in [3.8, 4) is 0 Å². The van der Waals surface area contributed by atoms with Crippen LogP contribution in [0.5, 0.6) is 0 Å². The molecule has 6 nitrogen and oxygen atoms in total. The number of benzene rings is 1. The summed E-state index contributed by atoms with van der Waals surface area (Å²) in [5.41, 5.74) is 1.18. The minimum absolute atomic E-state index is 0.00442. The highest BCUT2D eigenvalue weighted by molar-refractivity contribution is 5.86. The molecule has 1 aliphatic rings. The summed E-state index contributed by atoms with van der Waals surface area (Å²) in [5, 5.41) is 2.94. The van der Waals surface area contributed by atoms with Gasteiger partial charge < -0.3 is 19.7 Å². The van der Waals surface area contributed by atoms with Crippen LogP contribution >= 0.6 is 0 Å². The average molecular weight is 405 g/mol. The molecule has 162 valence electrons. The Morgan fingerprint density at radius 3 is 2.34 bits per heavy atom. The van der Waals surface area contributed by atoms with Crippen LogP contribution in [0.25, 0.3) is 0 Å². The Kier molecular flexibility index (Phi) is 10.7. The lowest BCUT2D eigenvalue weighted by Crippen LogP contribution is -2.48.